The lowest BCUT2D eigenvalue weighted by molar-refractivity contribution is -0.117. The van der Waals surface area contributed by atoms with E-state index in [1.165, 1.54) is 6.20 Å². The second-order valence-electron chi connectivity index (χ2n) is 6.17. The predicted octanol–water partition coefficient (Wildman–Crippen LogP) is 2.87. The molecule has 0 unspecified atom stereocenters. The molecule has 0 atom stereocenters. The fourth-order valence-corrected chi connectivity index (χ4v) is 2.67. The molecule has 0 aliphatic heterocycles. The minimum atomic E-state index is -0.403. The first-order chi connectivity index (χ1) is 13.6. The minimum Gasteiger partial charge on any atom is -0.493 e. The molecule has 2 aromatic carbocycles. The number of hydrogen-bond donors (Lipinski definition) is 2. The second kappa shape index (κ2) is 10.6. The van der Waals surface area contributed by atoms with E-state index in [-0.39, 0.29) is 5.57 Å². The van der Waals surface area contributed by atoms with E-state index >= 15 is 0 Å². The average molecular weight is 379 g/mol. The summed E-state index contributed by atoms with van der Waals surface area (Å²) in [6.07, 6.45) is 2.07. The van der Waals surface area contributed by atoms with Gasteiger partial charge in [0.15, 0.2) is 11.5 Å². The first-order valence-electron chi connectivity index (χ1n) is 8.96. The van der Waals surface area contributed by atoms with Crippen molar-refractivity contribution in [3.8, 4) is 17.6 Å². The van der Waals surface area contributed by atoms with Crippen LogP contribution in [0, 0.1) is 18.3 Å². The number of carbonyl (C=O) groups is 1. The van der Waals surface area contributed by atoms with E-state index in [1.54, 1.807) is 14.2 Å². The zero-order valence-electron chi connectivity index (χ0n) is 16.4. The van der Waals surface area contributed by atoms with Crippen molar-refractivity contribution in [2.45, 2.75) is 19.9 Å². The van der Waals surface area contributed by atoms with Gasteiger partial charge in [-0.25, -0.2) is 0 Å². The number of rotatable bonds is 9. The Morgan fingerprint density at radius 3 is 2.57 bits per heavy atom. The number of benzene rings is 2. The predicted molar refractivity (Wildman–Crippen MR) is 108 cm³/mol. The topological polar surface area (TPSA) is 83.4 Å². The average Bonchev–Trinajstić information content (AvgIpc) is 2.72. The molecule has 0 heterocycles. The van der Waals surface area contributed by atoms with Crippen molar-refractivity contribution in [1.29, 1.82) is 5.26 Å². The summed E-state index contributed by atoms with van der Waals surface area (Å²) in [6, 6.07) is 15.5. The number of methoxy groups -OCH3 is 2. The molecule has 0 bridgehead atoms. The van der Waals surface area contributed by atoms with Crippen LogP contribution >= 0.6 is 0 Å². The highest BCUT2D eigenvalue weighted by Gasteiger charge is 2.09. The summed E-state index contributed by atoms with van der Waals surface area (Å²) < 4.78 is 10.5. The van der Waals surface area contributed by atoms with Crippen LogP contribution in [0.2, 0.25) is 0 Å². The Morgan fingerprint density at radius 2 is 1.89 bits per heavy atom. The number of nitriles is 1. The Hall–Kier alpha value is -3.46. The first-order valence-corrected chi connectivity index (χ1v) is 8.96. The number of nitrogens with one attached hydrogen (secondary N) is 2. The standard InChI is InChI=1S/C22H25N3O3/c1-16-6-4-5-7-18(16)14-24-15-19(13-23)22(26)25-11-10-17-8-9-20(27-2)21(12-17)28-3/h4-9,12,15,24H,10-11,14H2,1-3H3,(H,25,26)/b19-15-. The minimum absolute atomic E-state index is 0.0425. The van der Waals surface area contributed by atoms with Crippen LogP contribution < -0.4 is 20.1 Å². The van der Waals surface area contributed by atoms with E-state index in [0.717, 1.165) is 16.7 Å². The smallest absolute Gasteiger partial charge is 0.263 e. The third-order valence-electron chi connectivity index (χ3n) is 4.31. The van der Waals surface area contributed by atoms with E-state index < -0.39 is 5.91 Å². The Kier molecular flexibility index (Phi) is 7.92. The number of carbonyl (C=O) groups excluding carboxylic acids is 1. The van der Waals surface area contributed by atoms with Gasteiger partial charge < -0.3 is 20.1 Å². The summed E-state index contributed by atoms with van der Waals surface area (Å²) in [6.45, 7) is 2.98. The summed E-state index contributed by atoms with van der Waals surface area (Å²) in [4.78, 5) is 12.2. The molecule has 0 aliphatic rings. The van der Waals surface area contributed by atoms with Gasteiger partial charge >= 0.3 is 0 Å². The zero-order valence-corrected chi connectivity index (χ0v) is 16.4. The normalized spacial score (nSPS) is 10.7. The van der Waals surface area contributed by atoms with Gasteiger partial charge in [-0.15, -0.1) is 0 Å². The van der Waals surface area contributed by atoms with Crippen LogP contribution in [0.3, 0.4) is 0 Å². The van der Waals surface area contributed by atoms with E-state index in [4.69, 9.17) is 9.47 Å². The van der Waals surface area contributed by atoms with Gasteiger partial charge in [0.2, 0.25) is 0 Å². The monoisotopic (exact) mass is 379 g/mol. The Labute approximate surface area is 165 Å². The van der Waals surface area contributed by atoms with E-state index in [0.29, 0.717) is 31.0 Å². The maximum absolute atomic E-state index is 12.2. The lowest BCUT2D eigenvalue weighted by Gasteiger charge is -2.10. The number of hydrogen-bond acceptors (Lipinski definition) is 5. The number of aryl methyl sites for hydroxylation is 1. The molecule has 6 nitrogen and oxygen atoms in total. The molecule has 28 heavy (non-hydrogen) atoms. The molecular formula is C22H25N3O3. The van der Waals surface area contributed by atoms with Crippen molar-refractivity contribution in [2.24, 2.45) is 0 Å². The molecule has 146 valence electrons. The number of nitrogens with zero attached hydrogens (tertiary/aromatic N) is 1. The zero-order chi connectivity index (χ0) is 20.4. The van der Waals surface area contributed by atoms with E-state index in [1.807, 2.05) is 55.5 Å². The SMILES string of the molecule is COc1ccc(CCNC(=O)/C(C#N)=C\NCc2ccccc2C)cc1OC. The lowest BCUT2D eigenvalue weighted by atomic mass is 10.1. The molecule has 1 amide bonds. The Morgan fingerprint density at radius 1 is 1.14 bits per heavy atom. The van der Waals surface area contributed by atoms with Crippen molar-refractivity contribution in [3.63, 3.8) is 0 Å². The summed E-state index contributed by atoms with van der Waals surface area (Å²) in [5.74, 6) is 0.898. The molecule has 2 aromatic rings. The van der Waals surface area contributed by atoms with Gasteiger partial charge in [0.1, 0.15) is 11.6 Å². The van der Waals surface area contributed by atoms with Gasteiger partial charge in [-0.05, 0) is 42.2 Å². The van der Waals surface area contributed by atoms with Crippen LogP contribution in [-0.4, -0.2) is 26.7 Å². The van der Waals surface area contributed by atoms with Gasteiger partial charge in [0.25, 0.3) is 5.91 Å². The molecule has 0 saturated carbocycles. The van der Waals surface area contributed by atoms with Crippen LogP contribution in [0.25, 0.3) is 0 Å². The van der Waals surface area contributed by atoms with Gasteiger partial charge in [-0.2, -0.15) is 5.26 Å². The van der Waals surface area contributed by atoms with Gasteiger partial charge in [0.05, 0.1) is 14.2 Å². The summed E-state index contributed by atoms with van der Waals surface area (Å²) >= 11 is 0. The molecule has 0 fully saturated rings. The highest BCUT2D eigenvalue weighted by atomic mass is 16.5. The second-order valence-corrected chi connectivity index (χ2v) is 6.17. The van der Waals surface area contributed by atoms with Crippen molar-refractivity contribution in [1.82, 2.24) is 10.6 Å². The van der Waals surface area contributed by atoms with E-state index in [2.05, 4.69) is 10.6 Å². The van der Waals surface area contributed by atoms with Crippen LogP contribution in [0.15, 0.2) is 54.2 Å². The molecule has 2 rings (SSSR count). The Bertz CT molecular complexity index is 885. The number of amides is 1. The first kappa shape index (κ1) is 20.8. The molecule has 0 radical (unpaired) electrons. The molecular weight excluding hydrogens is 354 g/mol. The summed E-state index contributed by atoms with van der Waals surface area (Å²) in [5, 5.41) is 15.0. The van der Waals surface area contributed by atoms with Gasteiger partial charge in [-0.3, -0.25) is 4.79 Å². The van der Waals surface area contributed by atoms with E-state index in [9.17, 15) is 10.1 Å². The Balaban J connectivity index is 1.86. The fraction of sp³-hybridized carbons (Fsp3) is 0.273. The summed E-state index contributed by atoms with van der Waals surface area (Å²) in [5.41, 5.74) is 3.31. The van der Waals surface area contributed by atoms with Crippen molar-refractivity contribution >= 4 is 5.91 Å². The number of ether oxygens (including phenoxy) is 2. The third-order valence-corrected chi connectivity index (χ3v) is 4.31. The third kappa shape index (κ3) is 5.78. The van der Waals surface area contributed by atoms with Crippen LogP contribution in [0.1, 0.15) is 16.7 Å². The maximum atomic E-state index is 12.2. The summed E-state index contributed by atoms with van der Waals surface area (Å²) in [7, 11) is 3.16. The largest absolute Gasteiger partial charge is 0.493 e. The quantitative estimate of drug-likeness (QED) is 0.517. The lowest BCUT2D eigenvalue weighted by Crippen LogP contribution is -2.27. The van der Waals surface area contributed by atoms with Crippen LogP contribution in [0.5, 0.6) is 11.5 Å². The molecule has 0 spiro atoms. The highest BCUT2D eigenvalue weighted by Crippen LogP contribution is 2.27. The highest BCUT2D eigenvalue weighted by molar-refractivity contribution is 5.97. The molecule has 0 saturated heterocycles. The van der Waals surface area contributed by atoms with Crippen molar-refractivity contribution in [3.05, 3.63) is 70.9 Å². The van der Waals surface area contributed by atoms with Gasteiger partial charge in [0, 0.05) is 19.3 Å². The molecule has 6 heteroatoms. The molecule has 2 N–H and O–H groups in total. The van der Waals surface area contributed by atoms with Crippen LogP contribution in [0.4, 0.5) is 0 Å². The molecule has 0 aromatic heterocycles. The van der Waals surface area contributed by atoms with Crippen molar-refractivity contribution in [2.75, 3.05) is 20.8 Å². The van der Waals surface area contributed by atoms with Crippen molar-refractivity contribution < 1.29 is 14.3 Å². The molecule has 0 aliphatic carbocycles. The maximum Gasteiger partial charge on any atom is 0.263 e. The fourth-order valence-electron chi connectivity index (χ4n) is 2.67. The van der Waals surface area contributed by atoms with Crippen LogP contribution in [-0.2, 0) is 17.8 Å². The van der Waals surface area contributed by atoms with Gasteiger partial charge in [-0.1, -0.05) is 30.3 Å².